The highest BCUT2D eigenvalue weighted by atomic mass is 16.2. The summed E-state index contributed by atoms with van der Waals surface area (Å²) in [7, 11) is 0. The van der Waals surface area contributed by atoms with E-state index in [2.05, 4.69) is 23.7 Å². The van der Waals surface area contributed by atoms with Gasteiger partial charge in [-0.1, -0.05) is 30.0 Å². The van der Waals surface area contributed by atoms with Crippen LogP contribution < -0.4 is 0 Å². The number of aliphatic hydroxyl groups excluding tert-OH is 1. The molecule has 1 heteroatoms. The summed E-state index contributed by atoms with van der Waals surface area (Å²) in [6.07, 6.45) is 2.22. The summed E-state index contributed by atoms with van der Waals surface area (Å²) in [5.41, 5.74) is 0.935. The third-order valence-corrected chi connectivity index (χ3v) is 1.27. The number of rotatable bonds is 0. The highest BCUT2D eigenvalue weighted by Crippen LogP contribution is 1.93. The topological polar surface area (TPSA) is 20.2 Å². The summed E-state index contributed by atoms with van der Waals surface area (Å²) in [5.74, 6) is 10.7. The van der Waals surface area contributed by atoms with Crippen molar-refractivity contribution in [2.24, 2.45) is 0 Å². The molecule has 0 saturated heterocycles. The minimum absolute atomic E-state index is 0.886. The van der Waals surface area contributed by atoms with Gasteiger partial charge in [0.15, 0.2) is 0 Å². The predicted octanol–water partition coefficient (Wildman–Crippen LogP) is 2.11. The van der Waals surface area contributed by atoms with Crippen molar-refractivity contribution in [3.05, 3.63) is 48.2 Å². The van der Waals surface area contributed by atoms with Gasteiger partial charge in [-0.05, 0) is 24.0 Å². The average molecular weight is 168 g/mol. The smallest absolute Gasteiger partial charge is 0.0875 e. The van der Waals surface area contributed by atoms with Gasteiger partial charge in [-0.3, -0.25) is 0 Å². The van der Waals surface area contributed by atoms with Crippen LogP contribution in [0.5, 0.6) is 0 Å². The van der Waals surface area contributed by atoms with E-state index in [0.717, 1.165) is 11.8 Å². The van der Waals surface area contributed by atoms with Gasteiger partial charge < -0.3 is 5.11 Å². The molecule has 1 aromatic rings. The van der Waals surface area contributed by atoms with Crippen molar-refractivity contribution in [2.45, 2.75) is 0 Å². The molecular weight excluding hydrogens is 160 g/mol. The molecule has 0 spiro atoms. The Hall–Kier alpha value is -2.12. The first-order chi connectivity index (χ1) is 6.43. The lowest BCUT2D eigenvalue weighted by atomic mass is 10.2. The van der Waals surface area contributed by atoms with Crippen molar-refractivity contribution < 1.29 is 5.11 Å². The second kappa shape index (κ2) is 5.52. The van der Waals surface area contributed by atoms with Crippen LogP contribution in [0, 0.1) is 23.7 Å². The van der Waals surface area contributed by atoms with Gasteiger partial charge in [-0.25, -0.2) is 0 Å². The number of benzene rings is 1. The minimum Gasteiger partial charge on any atom is -0.515 e. The molecule has 0 fully saturated rings. The fourth-order valence-electron chi connectivity index (χ4n) is 0.740. The Morgan fingerprint density at radius 1 is 1.08 bits per heavy atom. The SMILES string of the molecule is OC=CC#CC#Cc1ccccc1. The van der Waals surface area contributed by atoms with Crippen LogP contribution in [0.4, 0.5) is 0 Å². The first-order valence-electron chi connectivity index (χ1n) is 3.79. The monoisotopic (exact) mass is 168 g/mol. The first-order valence-corrected chi connectivity index (χ1v) is 3.79. The molecule has 0 atom stereocenters. The van der Waals surface area contributed by atoms with E-state index in [4.69, 9.17) is 5.11 Å². The van der Waals surface area contributed by atoms with Gasteiger partial charge in [-0.15, -0.1) is 0 Å². The molecule has 0 saturated carbocycles. The molecule has 0 radical (unpaired) electrons. The Kier molecular flexibility index (Phi) is 3.81. The van der Waals surface area contributed by atoms with E-state index in [9.17, 15) is 0 Å². The van der Waals surface area contributed by atoms with E-state index < -0.39 is 0 Å². The van der Waals surface area contributed by atoms with Crippen LogP contribution in [0.15, 0.2) is 42.7 Å². The first kappa shape index (κ1) is 8.97. The maximum absolute atomic E-state index is 8.25. The van der Waals surface area contributed by atoms with Crippen LogP contribution in [0.1, 0.15) is 5.56 Å². The minimum atomic E-state index is 0.886. The molecule has 0 amide bonds. The largest absolute Gasteiger partial charge is 0.515 e. The maximum Gasteiger partial charge on any atom is 0.0875 e. The summed E-state index contributed by atoms with van der Waals surface area (Å²) in [4.78, 5) is 0. The molecule has 62 valence electrons. The van der Waals surface area contributed by atoms with Crippen molar-refractivity contribution in [2.75, 3.05) is 0 Å². The van der Waals surface area contributed by atoms with Crippen LogP contribution in [-0.2, 0) is 0 Å². The molecule has 1 aromatic carbocycles. The molecular formula is C12H8O. The van der Waals surface area contributed by atoms with Gasteiger partial charge in [-0.2, -0.15) is 0 Å². The van der Waals surface area contributed by atoms with Gasteiger partial charge in [0.25, 0.3) is 0 Å². The number of hydrogen-bond acceptors (Lipinski definition) is 1. The van der Waals surface area contributed by atoms with Gasteiger partial charge in [0.05, 0.1) is 6.26 Å². The third-order valence-electron chi connectivity index (χ3n) is 1.27. The number of hydrogen-bond donors (Lipinski definition) is 1. The zero-order valence-electron chi connectivity index (χ0n) is 6.99. The second-order valence-corrected chi connectivity index (χ2v) is 2.20. The molecule has 1 N–H and O–H groups in total. The van der Waals surface area contributed by atoms with Crippen LogP contribution in [-0.4, -0.2) is 5.11 Å². The van der Waals surface area contributed by atoms with Gasteiger partial charge >= 0.3 is 0 Å². The Morgan fingerprint density at radius 3 is 2.54 bits per heavy atom. The molecule has 0 aliphatic rings. The highest BCUT2D eigenvalue weighted by Gasteiger charge is 1.78. The molecule has 0 heterocycles. The molecule has 0 aliphatic carbocycles. The van der Waals surface area contributed by atoms with Crippen LogP contribution in [0.25, 0.3) is 0 Å². The Labute approximate surface area is 77.7 Å². The quantitative estimate of drug-likeness (QED) is 0.464. The summed E-state index contributed by atoms with van der Waals surface area (Å²) >= 11 is 0. The molecule has 0 bridgehead atoms. The summed E-state index contributed by atoms with van der Waals surface area (Å²) in [6.45, 7) is 0. The van der Waals surface area contributed by atoms with Gasteiger partial charge in [0.1, 0.15) is 0 Å². The van der Waals surface area contributed by atoms with E-state index in [1.54, 1.807) is 0 Å². The average Bonchev–Trinajstić information content (AvgIpc) is 2.19. The summed E-state index contributed by atoms with van der Waals surface area (Å²) < 4.78 is 0. The van der Waals surface area contributed by atoms with E-state index in [0.29, 0.717) is 0 Å². The molecule has 13 heavy (non-hydrogen) atoms. The highest BCUT2D eigenvalue weighted by molar-refractivity contribution is 5.40. The van der Waals surface area contributed by atoms with Gasteiger partial charge in [0, 0.05) is 11.6 Å². The predicted molar refractivity (Wildman–Crippen MR) is 52.9 cm³/mol. The molecule has 0 aliphatic heterocycles. The van der Waals surface area contributed by atoms with Gasteiger partial charge in [0.2, 0.25) is 0 Å². The normalized spacial score (nSPS) is 8.31. The number of aliphatic hydroxyl groups is 1. The van der Waals surface area contributed by atoms with Crippen molar-refractivity contribution in [1.82, 2.24) is 0 Å². The lowest BCUT2D eigenvalue weighted by molar-refractivity contribution is 0.474. The van der Waals surface area contributed by atoms with Crippen molar-refractivity contribution >= 4 is 0 Å². The van der Waals surface area contributed by atoms with Crippen LogP contribution >= 0.6 is 0 Å². The fourth-order valence-corrected chi connectivity index (χ4v) is 0.740. The zero-order chi connectivity index (χ0) is 9.36. The van der Waals surface area contributed by atoms with Crippen molar-refractivity contribution in [3.8, 4) is 23.7 Å². The standard InChI is InChI=1S/C12H8O/c13-11-7-2-1-4-8-12-9-5-3-6-10-12/h3,5-7,9-11,13H. The van der Waals surface area contributed by atoms with Crippen molar-refractivity contribution in [3.63, 3.8) is 0 Å². The van der Waals surface area contributed by atoms with E-state index in [1.165, 1.54) is 6.08 Å². The Balaban J connectivity index is 2.65. The summed E-state index contributed by atoms with van der Waals surface area (Å²) in [6, 6.07) is 9.61. The molecule has 0 unspecified atom stereocenters. The van der Waals surface area contributed by atoms with Crippen LogP contribution in [0.3, 0.4) is 0 Å². The lowest BCUT2D eigenvalue weighted by Gasteiger charge is -1.83. The zero-order valence-corrected chi connectivity index (χ0v) is 6.99. The van der Waals surface area contributed by atoms with Crippen molar-refractivity contribution in [1.29, 1.82) is 0 Å². The Morgan fingerprint density at radius 2 is 1.85 bits per heavy atom. The van der Waals surface area contributed by atoms with E-state index in [-0.39, 0.29) is 0 Å². The summed E-state index contributed by atoms with van der Waals surface area (Å²) in [5, 5.41) is 8.25. The molecule has 0 aromatic heterocycles. The van der Waals surface area contributed by atoms with Crippen LogP contribution in [0.2, 0.25) is 0 Å². The van der Waals surface area contributed by atoms with E-state index >= 15 is 0 Å². The second-order valence-electron chi connectivity index (χ2n) is 2.20. The Bertz CT molecular complexity index is 393. The molecule has 1 nitrogen and oxygen atoms in total. The number of allylic oxidation sites excluding steroid dienone is 1. The maximum atomic E-state index is 8.25. The fraction of sp³-hybridized carbons (Fsp3) is 0. The third kappa shape index (κ3) is 3.70. The van der Waals surface area contributed by atoms with E-state index in [1.807, 2.05) is 30.3 Å². The molecule has 1 rings (SSSR count). The lowest BCUT2D eigenvalue weighted by Crippen LogP contribution is -1.68.